The number of fused-ring (bicyclic) bond motifs is 1. The Labute approximate surface area is 117 Å². The third-order valence-corrected chi connectivity index (χ3v) is 4.19. The normalized spacial score (nSPS) is 28.2. The molecule has 0 radical (unpaired) electrons. The van der Waals surface area contributed by atoms with Gasteiger partial charge < -0.3 is 15.5 Å². The van der Waals surface area contributed by atoms with Crippen LogP contribution < -0.4 is 10.6 Å². The Morgan fingerprint density at radius 2 is 2.05 bits per heavy atom. The predicted octanol–water partition coefficient (Wildman–Crippen LogP) is 1.51. The van der Waals surface area contributed by atoms with Gasteiger partial charge >= 0.3 is 0 Å². The minimum atomic E-state index is 0.0927. The lowest BCUT2D eigenvalue weighted by Crippen LogP contribution is -2.48. The molecule has 0 aromatic carbocycles. The molecule has 2 heterocycles. The maximum absolute atomic E-state index is 11.9. The third-order valence-electron chi connectivity index (χ3n) is 4.19. The SMILES string of the molecule is CC(C)(C)NCCC(=O)NC1CCN2CCCC2C1. The van der Waals surface area contributed by atoms with Gasteiger partial charge in [-0.1, -0.05) is 0 Å². The standard InChI is InChI=1S/C15H29N3O/c1-15(2,3)16-8-6-14(19)17-12-7-10-18-9-4-5-13(18)11-12/h12-13,16H,4-11H2,1-3H3,(H,17,19). The Balaban J connectivity index is 1.65. The molecule has 4 nitrogen and oxygen atoms in total. The Bertz CT molecular complexity index is 311. The third kappa shape index (κ3) is 4.77. The number of nitrogens with zero attached hydrogens (tertiary/aromatic N) is 1. The lowest BCUT2D eigenvalue weighted by atomic mass is 9.97. The predicted molar refractivity (Wildman–Crippen MR) is 78.1 cm³/mol. The van der Waals surface area contributed by atoms with Crippen LogP contribution in [0.25, 0.3) is 0 Å². The van der Waals surface area contributed by atoms with E-state index >= 15 is 0 Å². The van der Waals surface area contributed by atoms with E-state index in [1.165, 1.54) is 19.4 Å². The van der Waals surface area contributed by atoms with Gasteiger partial charge in [0.1, 0.15) is 0 Å². The molecule has 4 heteroatoms. The summed E-state index contributed by atoms with van der Waals surface area (Å²) in [5.41, 5.74) is 0.0927. The van der Waals surface area contributed by atoms with Crippen LogP contribution in [0.5, 0.6) is 0 Å². The minimum absolute atomic E-state index is 0.0927. The molecule has 2 N–H and O–H groups in total. The Morgan fingerprint density at radius 1 is 1.26 bits per heavy atom. The molecule has 110 valence electrons. The van der Waals surface area contributed by atoms with Crippen molar-refractivity contribution in [2.45, 2.75) is 70.5 Å². The van der Waals surface area contributed by atoms with Crippen molar-refractivity contribution in [1.29, 1.82) is 0 Å². The van der Waals surface area contributed by atoms with Gasteiger partial charge in [-0.25, -0.2) is 0 Å². The summed E-state index contributed by atoms with van der Waals surface area (Å²) in [7, 11) is 0. The second-order valence-corrected chi connectivity index (χ2v) is 7.05. The number of hydrogen-bond donors (Lipinski definition) is 2. The summed E-state index contributed by atoms with van der Waals surface area (Å²) in [5.74, 6) is 0.202. The Kier molecular flexibility index (Phi) is 4.85. The molecular weight excluding hydrogens is 238 g/mol. The molecule has 0 saturated carbocycles. The molecule has 1 amide bonds. The van der Waals surface area contributed by atoms with E-state index in [1.807, 2.05) is 0 Å². The first-order chi connectivity index (χ1) is 8.94. The maximum Gasteiger partial charge on any atom is 0.221 e. The highest BCUT2D eigenvalue weighted by atomic mass is 16.1. The van der Waals surface area contributed by atoms with E-state index in [0.717, 1.165) is 32.0 Å². The zero-order valence-corrected chi connectivity index (χ0v) is 12.7. The van der Waals surface area contributed by atoms with Crippen LogP contribution in [0, 0.1) is 0 Å². The van der Waals surface area contributed by atoms with E-state index in [-0.39, 0.29) is 11.4 Å². The number of hydrogen-bond acceptors (Lipinski definition) is 3. The largest absolute Gasteiger partial charge is 0.353 e. The molecule has 19 heavy (non-hydrogen) atoms. The molecule has 2 aliphatic heterocycles. The minimum Gasteiger partial charge on any atom is -0.353 e. The molecule has 2 aliphatic rings. The van der Waals surface area contributed by atoms with Crippen LogP contribution in [0.3, 0.4) is 0 Å². The molecule has 0 bridgehead atoms. The number of amides is 1. The smallest absolute Gasteiger partial charge is 0.221 e. The lowest BCUT2D eigenvalue weighted by molar-refractivity contribution is -0.122. The van der Waals surface area contributed by atoms with Crippen LogP contribution in [0.1, 0.15) is 52.9 Å². The van der Waals surface area contributed by atoms with Gasteiger partial charge in [-0.15, -0.1) is 0 Å². The van der Waals surface area contributed by atoms with Crippen LogP contribution >= 0.6 is 0 Å². The highest BCUT2D eigenvalue weighted by Gasteiger charge is 2.32. The lowest BCUT2D eigenvalue weighted by Gasteiger charge is -2.35. The van der Waals surface area contributed by atoms with Gasteiger partial charge in [0.25, 0.3) is 0 Å². The monoisotopic (exact) mass is 267 g/mol. The molecule has 2 atom stereocenters. The van der Waals surface area contributed by atoms with E-state index < -0.39 is 0 Å². The van der Waals surface area contributed by atoms with Crippen molar-refractivity contribution in [3.63, 3.8) is 0 Å². The number of piperidine rings is 1. The van der Waals surface area contributed by atoms with Gasteiger partial charge in [-0.2, -0.15) is 0 Å². The Morgan fingerprint density at radius 3 is 2.79 bits per heavy atom. The zero-order valence-electron chi connectivity index (χ0n) is 12.7. The molecule has 0 aromatic rings. The number of rotatable bonds is 4. The van der Waals surface area contributed by atoms with Crippen LogP contribution in [-0.2, 0) is 4.79 Å². The zero-order chi connectivity index (χ0) is 13.9. The van der Waals surface area contributed by atoms with E-state index in [1.54, 1.807) is 0 Å². The van der Waals surface area contributed by atoms with Gasteiger partial charge in [0.05, 0.1) is 0 Å². The van der Waals surface area contributed by atoms with Crippen molar-refractivity contribution >= 4 is 5.91 Å². The molecule has 2 saturated heterocycles. The van der Waals surface area contributed by atoms with Crippen molar-refractivity contribution in [2.24, 2.45) is 0 Å². The van der Waals surface area contributed by atoms with Crippen molar-refractivity contribution in [1.82, 2.24) is 15.5 Å². The number of carbonyl (C=O) groups excluding carboxylic acids is 1. The highest BCUT2D eigenvalue weighted by Crippen LogP contribution is 2.26. The molecular formula is C15H29N3O. The average molecular weight is 267 g/mol. The van der Waals surface area contributed by atoms with E-state index in [9.17, 15) is 4.79 Å². The molecule has 2 unspecified atom stereocenters. The van der Waals surface area contributed by atoms with Gasteiger partial charge in [-0.3, -0.25) is 4.79 Å². The maximum atomic E-state index is 11.9. The first-order valence-corrected chi connectivity index (χ1v) is 7.72. The van der Waals surface area contributed by atoms with Crippen molar-refractivity contribution in [2.75, 3.05) is 19.6 Å². The summed E-state index contributed by atoms with van der Waals surface area (Å²) in [4.78, 5) is 14.5. The van der Waals surface area contributed by atoms with Crippen molar-refractivity contribution < 1.29 is 4.79 Å². The number of carbonyl (C=O) groups is 1. The quantitative estimate of drug-likeness (QED) is 0.811. The molecule has 2 rings (SSSR count). The number of nitrogens with one attached hydrogen (secondary N) is 2. The van der Waals surface area contributed by atoms with Gasteiger partial charge in [0, 0.05) is 37.1 Å². The second kappa shape index (κ2) is 6.23. The second-order valence-electron chi connectivity index (χ2n) is 7.05. The van der Waals surface area contributed by atoms with Gasteiger partial charge in [0.15, 0.2) is 0 Å². The summed E-state index contributed by atoms with van der Waals surface area (Å²) in [5, 5.41) is 6.57. The van der Waals surface area contributed by atoms with Crippen molar-refractivity contribution in [3.05, 3.63) is 0 Å². The Hall–Kier alpha value is -0.610. The highest BCUT2D eigenvalue weighted by molar-refractivity contribution is 5.76. The summed E-state index contributed by atoms with van der Waals surface area (Å²) in [6, 6.07) is 1.13. The fourth-order valence-corrected chi connectivity index (χ4v) is 3.21. The average Bonchev–Trinajstić information content (AvgIpc) is 2.74. The molecule has 0 spiro atoms. The fourth-order valence-electron chi connectivity index (χ4n) is 3.21. The topological polar surface area (TPSA) is 44.4 Å². The van der Waals surface area contributed by atoms with Gasteiger partial charge in [-0.05, 0) is 53.0 Å². The van der Waals surface area contributed by atoms with Crippen LogP contribution in [-0.4, -0.2) is 48.1 Å². The summed E-state index contributed by atoms with van der Waals surface area (Å²) >= 11 is 0. The summed E-state index contributed by atoms with van der Waals surface area (Å²) in [6.07, 6.45) is 5.51. The van der Waals surface area contributed by atoms with Crippen LogP contribution in [0.2, 0.25) is 0 Å². The van der Waals surface area contributed by atoms with Crippen LogP contribution in [0.4, 0.5) is 0 Å². The van der Waals surface area contributed by atoms with E-state index in [0.29, 0.717) is 12.5 Å². The fraction of sp³-hybridized carbons (Fsp3) is 0.933. The van der Waals surface area contributed by atoms with Crippen molar-refractivity contribution in [3.8, 4) is 0 Å². The molecule has 0 aromatic heterocycles. The van der Waals surface area contributed by atoms with Crippen LogP contribution in [0.15, 0.2) is 0 Å². The molecule has 2 fully saturated rings. The summed E-state index contributed by atoms with van der Waals surface area (Å²) < 4.78 is 0. The first-order valence-electron chi connectivity index (χ1n) is 7.72. The van der Waals surface area contributed by atoms with E-state index in [4.69, 9.17) is 0 Å². The first kappa shape index (κ1) is 14.8. The summed E-state index contributed by atoms with van der Waals surface area (Å²) in [6.45, 7) is 9.57. The molecule has 0 aliphatic carbocycles. The van der Waals surface area contributed by atoms with Gasteiger partial charge in [0.2, 0.25) is 5.91 Å². The van der Waals surface area contributed by atoms with E-state index in [2.05, 4.69) is 36.3 Å².